The average molecular weight is 273 g/mol. The smallest absolute Gasteiger partial charge is 0.248 e. The van der Waals surface area contributed by atoms with E-state index in [4.69, 9.17) is 5.73 Å². The molecule has 2 N–H and O–H groups in total. The van der Waals surface area contributed by atoms with Gasteiger partial charge in [-0.3, -0.25) is 4.79 Å². The molecule has 0 aliphatic carbocycles. The van der Waals surface area contributed by atoms with Crippen molar-refractivity contribution in [3.8, 4) is 0 Å². The summed E-state index contributed by atoms with van der Waals surface area (Å²) in [6, 6.07) is 5.92. The number of hydrogen-bond acceptors (Lipinski definition) is 1. The van der Waals surface area contributed by atoms with Crippen LogP contribution in [0.25, 0.3) is 0 Å². The van der Waals surface area contributed by atoms with Gasteiger partial charge in [-0.25, -0.2) is 0 Å². The van der Waals surface area contributed by atoms with Gasteiger partial charge in [0.15, 0.2) is 0 Å². The molecule has 0 bridgehead atoms. The first kappa shape index (κ1) is 16.5. The summed E-state index contributed by atoms with van der Waals surface area (Å²) in [5.41, 5.74) is 8.71. The number of carbonyl (C=O) groups is 1. The van der Waals surface area contributed by atoms with Gasteiger partial charge in [-0.2, -0.15) is 0 Å². The van der Waals surface area contributed by atoms with Crippen LogP contribution in [0.5, 0.6) is 0 Å². The second kappa shape index (κ2) is 8.57. The Morgan fingerprint density at radius 2 is 2.10 bits per heavy atom. The lowest BCUT2D eigenvalue weighted by Gasteiger charge is -2.21. The fraction of sp³-hybridized carbons (Fsp3) is 0.500. The minimum absolute atomic E-state index is 0.306. The molecule has 1 rings (SSSR count). The van der Waals surface area contributed by atoms with Crippen LogP contribution in [0.3, 0.4) is 0 Å². The third-order valence-electron chi connectivity index (χ3n) is 3.95. The van der Waals surface area contributed by atoms with Gasteiger partial charge in [0, 0.05) is 5.56 Å². The van der Waals surface area contributed by atoms with E-state index in [0.717, 1.165) is 25.7 Å². The summed E-state index contributed by atoms with van der Waals surface area (Å²) in [4.78, 5) is 11.7. The van der Waals surface area contributed by atoms with Crippen molar-refractivity contribution in [2.75, 3.05) is 0 Å². The summed E-state index contributed by atoms with van der Waals surface area (Å²) < 4.78 is 0. The number of benzene rings is 1. The standard InChI is InChI=1S/C18H27NO/c1-4-7-8-9-11-14(5-2)17-15(6-3)12-10-13-16(17)18(19)20/h4,10,12-14H,1,5-9,11H2,2-3H3,(H2,19,20). The third-order valence-corrected chi connectivity index (χ3v) is 3.95. The number of nitrogens with two attached hydrogens (primary N) is 1. The summed E-state index contributed by atoms with van der Waals surface area (Å²) >= 11 is 0. The molecule has 20 heavy (non-hydrogen) atoms. The zero-order valence-electron chi connectivity index (χ0n) is 12.8. The van der Waals surface area contributed by atoms with Crippen molar-refractivity contribution in [1.82, 2.24) is 0 Å². The lowest BCUT2D eigenvalue weighted by atomic mass is 9.83. The molecule has 0 fully saturated rings. The maximum Gasteiger partial charge on any atom is 0.248 e. The van der Waals surface area contributed by atoms with E-state index in [0.29, 0.717) is 11.5 Å². The average Bonchev–Trinajstić information content (AvgIpc) is 2.46. The monoisotopic (exact) mass is 273 g/mol. The van der Waals surface area contributed by atoms with E-state index in [9.17, 15) is 4.79 Å². The van der Waals surface area contributed by atoms with Crippen LogP contribution in [0.15, 0.2) is 30.9 Å². The molecular formula is C18H27NO. The zero-order valence-corrected chi connectivity index (χ0v) is 12.8. The highest BCUT2D eigenvalue weighted by atomic mass is 16.1. The number of allylic oxidation sites excluding steroid dienone is 1. The second-order valence-corrected chi connectivity index (χ2v) is 5.27. The maximum absolute atomic E-state index is 11.7. The molecular weight excluding hydrogens is 246 g/mol. The van der Waals surface area contributed by atoms with Gasteiger partial charge >= 0.3 is 0 Å². The van der Waals surface area contributed by atoms with E-state index < -0.39 is 0 Å². The first-order chi connectivity index (χ1) is 9.65. The van der Waals surface area contributed by atoms with Gasteiger partial charge in [0.25, 0.3) is 0 Å². The minimum atomic E-state index is -0.306. The normalized spacial score (nSPS) is 12.1. The van der Waals surface area contributed by atoms with Crippen LogP contribution in [0, 0.1) is 0 Å². The molecule has 1 atom stereocenters. The van der Waals surface area contributed by atoms with Gasteiger partial charge in [-0.1, -0.05) is 38.5 Å². The van der Waals surface area contributed by atoms with Crippen LogP contribution >= 0.6 is 0 Å². The number of aryl methyl sites for hydroxylation is 1. The van der Waals surface area contributed by atoms with Crippen molar-refractivity contribution in [2.45, 2.75) is 58.3 Å². The van der Waals surface area contributed by atoms with Crippen molar-refractivity contribution >= 4 is 5.91 Å². The molecule has 0 heterocycles. The molecule has 0 radical (unpaired) electrons. The topological polar surface area (TPSA) is 43.1 Å². The Morgan fingerprint density at radius 1 is 1.35 bits per heavy atom. The van der Waals surface area contributed by atoms with E-state index in [-0.39, 0.29) is 5.91 Å². The third kappa shape index (κ3) is 4.22. The summed E-state index contributed by atoms with van der Waals surface area (Å²) in [5.74, 6) is 0.123. The highest BCUT2D eigenvalue weighted by Crippen LogP contribution is 2.31. The highest BCUT2D eigenvalue weighted by Gasteiger charge is 2.19. The summed E-state index contributed by atoms with van der Waals surface area (Å²) in [6.45, 7) is 8.08. The number of hydrogen-bond donors (Lipinski definition) is 1. The fourth-order valence-corrected chi connectivity index (χ4v) is 2.85. The molecule has 0 spiro atoms. The molecule has 0 saturated heterocycles. The highest BCUT2D eigenvalue weighted by molar-refractivity contribution is 5.94. The Kier molecular flexibility index (Phi) is 7.06. The van der Waals surface area contributed by atoms with Crippen LogP contribution in [0.1, 0.15) is 73.4 Å². The van der Waals surface area contributed by atoms with E-state index in [1.54, 1.807) is 0 Å². The van der Waals surface area contributed by atoms with E-state index in [1.807, 2.05) is 18.2 Å². The van der Waals surface area contributed by atoms with Crippen molar-refractivity contribution in [3.05, 3.63) is 47.5 Å². The summed E-state index contributed by atoms with van der Waals surface area (Å²) in [7, 11) is 0. The van der Waals surface area contributed by atoms with Crippen molar-refractivity contribution in [3.63, 3.8) is 0 Å². The number of unbranched alkanes of at least 4 members (excludes halogenated alkanes) is 2. The molecule has 2 heteroatoms. The molecule has 1 unspecified atom stereocenters. The lowest BCUT2D eigenvalue weighted by Crippen LogP contribution is -2.17. The SMILES string of the molecule is C=CCCCCC(CC)c1c(CC)cccc1C(N)=O. The number of carbonyl (C=O) groups excluding carboxylic acids is 1. The number of rotatable bonds is 9. The van der Waals surface area contributed by atoms with Crippen LogP contribution in [0.4, 0.5) is 0 Å². The van der Waals surface area contributed by atoms with Crippen LogP contribution in [-0.2, 0) is 6.42 Å². The second-order valence-electron chi connectivity index (χ2n) is 5.27. The molecule has 2 nitrogen and oxygen atoms in total. The molecule has 0 saturated carbocycles. The Labute approximate surface area is 123 Å². The first-order valence-electron chi connectivity index (χ1n) is 7.68. The molecule has 110 valence electrons. The Morgan fingerprint density at radius 3 is 2.65 bits per heavy atom. The number of primary amides is 1. The Balaban J connectivity index is 2.99. The predicted octanol–water partition coefficient (Wildman–Crippen LogP) is 4.59. The van der Waals surface area contributed by atoms with Crippen molar-refractivity contribution in [2.24, 2.45) is 5.73 Å². The fourth-order valence-electron chi connectivity index (χ4n) is 2.85. The van der Waals surface area contributed by atoms with Gasteiger partial charge in [0.05, 0.1) is 0 Å². The quantitative estimate of drug-likeness (QED) is 0.519. The van der Waals surface area contributed by atoms with Crippen LogP contribution < -0.4 is 5.73 Å². The van der Waals surface area contributed by atoms with Gasteiger partial charge < -0.3 is 5.73 Å². The number of amides is 1. The summed E-state index contributed by atoms with van der Waals surface area (Å²) in [5, 5.41) is 0. The van der Waals surface area contributed by atoms with Gasteiger partial charge in [-0.05, 0) is 55.2 Å². The van der Waals surface area contributed by atoms with Crippen molar-refractivity contribution < 1.29 is 4.79 Å². The van der Waals surface area contributed by atoms with Crippen LogP contribution in [-0.4, -0.2) is 5.91 Å². The predicted molar refractivity (Wildman–Crippen MR) is 86.0 cm³/mol. The molecule has 0 aliphatic rings. The maximum atomic E-state index is 11.7. The Bertz CT molecular complexity index is 451. The van der Waals surface area contributed by atoms with Gasteiger partial charge in [-0.15, -0.1) is 6.58 Å². The summed E-state index contributed by atoms with van der Waals surface area (Å²) in [6.07, 6.45) is 8.47. The molecule has 1 aromatic carbocycles. The Hall–Kier alpha value is -1.57. The lowest BCUT2D eigenvalue weighted by molar-refractivity contribution is 0.0998. The van der Waals surface area contributed by atoms with E-state index in [2.05, 4.69) is 26.5 Å². The van der Waals surface area contributed by atoms with E-state index in [1.165, 1.54) is 24.0 Å². The molecule has 1 aromatic rings. The van der Waals surface area contributed by atoms with Crippen molar-refractivity contribution in [1.29, 1.82) is 0 Å². The zero-order chi connectivity index (χ0) is 15.0. The first-order valence-corrected chi connectivity index (χ1v) is 7.68. The van der Waals surface area contributed by atoms with Crippen LogP contribution in [0.2, 0.25) is 0 Å². The molecule has 0 aromatic heterocycles. The largest absolute Gasteiger partial charge is 0.366 e. The van der Waals surface area contributed by atoms with Gasteiger partial charge in [0.1, 0.15) is 0 Å². The van der Waals surface area contributed by atoms with Gasteiger partial charge in [0.2, 0.25) is 5.91 Å². The minimum Gasteiger partial charge on any atom is -0.366 e. The molecule has 0 aliphatic heterocycles. The molecule has 1 amide bonds. The van der Waals surface area contributed by atoms with E-state index >= 15 is 0 Å².